The minimum Gasteiger partial charge on any atom is -0.496 e. The van der Waals surface area contributed by atoms with Crippen LogP contribution < -0.4 is 9.47 Å². The lowest BCUT2D eigenvalue weighted by Crippen LogP contribution is -1.99. The van der Waals surface area contributed by atoms with Crippen LogP contribution in [-0.2, 0) is 11.8 Å². The summed E-state index contributed by atoms with van der Waals surface area (Å²) in [4.78, 5) is 21.7. The van der Waals surface area contributed by atoms with Crippen LogP contribution in [0.1, 0.15) is 17.1 Å². The van der Waals surface area contributed by atoms with Crippen molar-refractivity contribution in [2.75, 3.05) is 20.8 Å². The molecular formula is C29H25FN6O3. The average molecular weight is 525 g/mol. The first-order chi connectivity index (χ1) is 18.9. The molecule has 0 unspecified atom stereocenters. The molecule has 0 saturated carbocycles. The van der Waals surface area contributed by atoms with Gasteiger partial charge in [-0.2, -0.15) is 0 Å². The number of ether oxygens (including phenoxy) is 3. The highest BCUT2D eigenvalue weighted by Crippen LogP contribution is 2.44. The van der Waals surface area contributed by atoms with Crippen LogP contribution in [0, 0.1) is 31.5 Å². The van der Waals surface area contributed by atoms with E-state index in [4.69, 9.17) is 14.2 Å². The molecule has 0 saturated heterocycles. The van der Waals surface area contributed by atoms with Crippen molar-refractivity contribution >= 4 is 11.0 Å². The smallest absolute Gasteiger partial charge is 0.322 e. The van der Waals surface area contributed by atoms with Gasteiger partial charge in [-0.15, -0.1) is 0 Å². The Kier molecular flexibility index (Phi) is 7.17. The molecule has 0 bridgehead atoms. The second kappa shape index (κ2) is 10.8. The summed E-state index contributed by atoms with van der Waals surface area (Å²) >= 11 is 0. The Morgan fingerprint density at radius 1 is 1.00 bits per heavy atom. The third-order valence-corrected chi connectivity index (χ3v) is 6.13. The Labute approximate surface area is 224 Å². The maximum Gasteiger partial charge on any atom is 0.322 e. The fourth-order valence-electron chi connectivity index (χ4n) is 4.36. The van der Waals surface area contributed by atoms with Crippen LogP contribution in [0.15, 0.2) is 49.1 Å². The summed E-state index contributed by atoms with van der Waals surface area (Å²) < 4.78 is 33.7. The Morgan fingerprint density at radius 2 is 1.85 bits per heavy atom. The lowest BCUT2D eigenvalue weighted by atomic mass is 9.98. The van der Waals surface area contributed by atoms with E-state index in [1.807, 2.05) is 25.5 Å². The summed E-state index contributed by atoms with van der Waals surface area (Å²) in [7, 11) is 5.05. The molecular weight excluding hydrogens is 499 g/mol. The molecule has 5 aromatic rings. The van der Waals surface area contributed by atoms with Crippen LogP contribution in [0.3, 0.4) is 0 Å². The number of rotatable bonds is 6. The van der Waals surface area contributed by atoms with Crippen molar-refractivity contribution in [1.29, 1.82) is 0 Å². The van der Waals surface area contributed by atoms with Crippen LogP contribution in [0.2, 0.25) is 0 Å². The third kappa shape index (κ3) is 5.00. The minimum atomic E-state index is -0.566. The van der Waals surface area contributed by atoms with E-state index in [-0.39, 0.29) is 18.4 Å². The van der Waals surface area contributed by atoms with Gasteiger partial charge in [0.2, 0.25) is 0 Å². The highest BCUT2D eigenvalue weighted by Gasteiger charge is 2.25. The minimum absolute atomic E-state index is 0.0114. The maximum atomic E-state index is 15.4. The van der Waals surface area contributed by atoms with Gasteiger partial charge in [0.25, 0.3) is 0 Å². The highest BCUT2D eigenvalue weighted by atomic mass is 19.1. The van der Waals surface area contributed by atoms with Gasteiger partial charge in [0.1, 0.15) is 30.0 Å². The number of hydrogen-bond donors (Lipinski definition) is 0. The lowest BCUT2D eigenvalue weighted by Gasteiger charge is -2.13. The van der Waals surface area contributed by atoms with E-state index >= 15 is 4.39 Å². The van der Waals surface area contributed by atoms with Crippen LogP contribution in [0.4, 0.5) is 4.39 Å². The summed E-state index contributed by atoms with van der Waals surface area (Å²) in [5, 5.41) is 0.788. The number of aryl methyl sites for hydroxylation is 3. The molecule has 0 N–H and O–H groups in total. The molecule has 0 aliphatic carbocycles. The largest absolute Gasteiger partial charge is 0.496 e. The Hall–Kier alpha value is -4.88. The standard InChI is InChI=1S/C29H25FN6O3/c1-17-10-11-31-29(35-17)39-23-9-8-19(13-22(23)30)26-25-18(2)33-16-34-28(25)36(3)27(26)21-15-32-20(7-6-12-37-4)14-24(21)38-5/h8-11,13-16H,12H2,1-5H3. The van der Waals surface area contributed by atoms with Gasteiger partial charge < -0.3 is 18.8 Å². The van der Waals surface area contributed by atoms with E-state index < -0.39 is 5.82 Å². The first-order valence-electron chi connectivity index (χ1n) is 12.0. The van der Waals surface area contributed by atoms with Gasteiger partial charge in [-0.3, -0.25) is 0 Å². The van der Waals surface area contributed by atoms with Crippen molar-refractivity contribution in [3.05, 3.63) is 72.0 Å². The van der Waals surface area contributed by atoms with E-state index in [0.29, 0.717) is 33.9 Å². The molecule has 0 spiro atoms. The molecule has 196 valence electrons. The van der Waals surface area contributed by atoms with Crippen molar-refractivity contribution < 1.29 is 18.6 Å². The summed E-state index contributed by atoms with van der Waals surface area (Å²) in [5.41, 5.74) is 5.46. The Bertz CT molecular complexity index is 1760. The van der Waals surface area contributed by atoms with Gasteiger partial charge in [-0.05, 0) is 43.5 Å². The van der Waals surface area contributed by atoms with Gasteiger partial charge in [-0.25, -0.2) is 29.3 Å². The van der Waals surface area contributed by atoms with Crippen molar-refractivity contribution in [2.24, 2.45) is 7.05 Å². The SMILES string of the molecule is COCC#Cc1cc(OC)c(-c2c(-c3ccc(Oc4nccc(C)n4)c(F)c3)c3c(C)ncnc3n2C)cn1. The van der Waals surface area contributed by atoms with Gasteiger partial charge in [0.15, 0.2) is 11.6 Å². The number of aromatic nitrogens is 6. The molecule has 0 radical (unpaired) electrons. The first kappa shape index (κ1) is 25.8. The molecule has 0 amide bonds. The second-order valence-electron chi connectivity index (χ2n) is 8.67. The van der Waals surface area contributed by atoms with Crippen LogP contribution >= 0.6 is 0 Å². The summed E-state index contributed by atoms with van der Waals surface area (Å²) in [5.74, 6) is 5.86. The van der Waals surface area contributed by atoms with Crippen LogP contribution in [0.25, 0.3) is 33.4 Å². The topological polar surface area (TPSA) is 97.1 Å². The van der Waals surface area contributed by atoms with Gasteiger partial charge in [0, 0.05) is 49.3 Å². The van der Waals surface area contributed by atoms with E-state index in [9.17, 15) is 0 Å². The molecule has 0 fully saturated rings. The first-order valence-corrected chi connectivity index (χ1v) is 12.0. The quantitative estimate of drug-likeness (QED) is 0.285. The molecule has 0 aliphatic heterocycles. The number of fused-ring (bicyclic) bond motifs is 1. The molecule has 10 heteroatoms. The number of halogens is 1. The number of pyridine rings is 1. The van der Waals surface area contributed by atoms with Crippen molar-refractivity contribution in [3.8, 4) is 51.7 Å². The highest BCUT2D eigenvalue weighted by molar-refractivity contribution is 6.05. The van der Waals surface area contributed by atoms with Gasteiger partial charge in [-0.1, -0.05) is 12.0 Å². The molecule has 9 nitrogen and oxygen atoms in total. The van der Waals surface area contributed by atoms with E-state index in [1.165, 1.54) is 12.4 Å². The van der Waals surface area contributed by atoms with Crippen molar-refractivity contribution in [1.82, 2.24) is 29.5 Å². The number of benzene rings is 1. The molecule has 0 aliphatic rings. The zero-order valence-corrected chi connectivity index (χ0v) is 22.1. The fraction of sp³-hybridized carbons (Fsp3) is 0.207. The van der Waals surface area contributed by atoms with Crippen molar-refractivity contribution in [2.45, 2.75) is 13.8 Å². The van der Waals surface area contributed by atoms with Gasteiger partial charge >= 0.3 is 6.01 Å². The Morgan fingerprint density at radius 3 is 2.59 bits per heavy atom. The van der Waals surface area contributed by atoms with Crippen LogP contribution in [-0.4, -0.2) is 50.3 Å². The average Bonchev–Trinajstić information content (AvgIpc) is 3.23. The summed E-state index contributed by atoms with van der Waals surface area (Å²) in [6, 6.07) is 8.32. The molecule has 5 rings (SSSR count). The molecule has 0 atom stereocenters. The lowest BCUT2D eigenvalue weighted by molar-refractivity contribution is 0.240. The fourth-order valence-corrected chi connectivity index (χ4v) is 4.36. The molecule has 4 aromatic heterocycles. The van der Waals surface area contributed by atoms with E-state index in [1.54, 1.807) is 50.9 Å². The number of nitrogens with zero attached hydrogens (tertiary/aromatic N) is 6. The van der Waals surface area contributed by atoms with E-state index in [2.05, 4.69) is 36.8 Å². The predicted molar refractivity (Wildman–Crippen MR) is 144 cm³/mol. The zero-order chi connectivity index (χ0) is 27.5. The monoisotopic (exact) mass is 524 g/mol. The zero-order valence-electron chi connectivity index (χ0n) is 22.1. The summed E-state index contributed by atoms with van der Waals surface area (Å²) in [6.07, 6.45) is 4.76. The Balaban J connectivity index is 1.68. The number of methoxy groups -OCH3 is 2. The maximum absolute atomic E-state index is 15.4. The molecule has 39 heavy (non-hydrogen) atoms. The summed E-state index contributed by atoms with van der Waals surface area (Å²) in [6.45, 7) is 3.99. The molecule has 1 aromatic carbocycles. The van der Waals surface area contributed by atoms with E-state index in [0.717, 1.165) is 22.3 Å². The normalized spacial score (nSPS) is 10.8. The predicted octanol–water partition coefficient (Wildman–Crippen LogP) is 5.04. The number of hydrogen-bond acceptors (Lipinski definition) is 8. The third-order valence-electron chi connectivity index (χ3n) is 6.13. The molecule has 4 heterocycles. The second-order valence-corrected chi connectivity index (χ2v) is 8.67. The van der Waals surface area contributed by atoms with Crippen LogP contribution in [0.5, 0.6) is 17.5 Å². The van der Waals surface area contributed by atoms with Crippen molar-refractivity contribution in [3.63, 3.8) is 0 Å². The van der Waals surface area contributed by atoms with Gasteiger partial charge in [0.05, 0.1) is 24.1 Å².